The molecule has 1 N–H and O–H groups in total. The van der Waals surface area contributed by atoms with Crippen LogP contribution in [0.2, 0.25) is 0 Å². The highest BCUT2D eigenvalue weighted by molar-refractivity contribution is 5.79. The number of pyridine rings is 2. The lowest BCUT2D eigenvalue weighted by atomic mass is 10.2. The average Bonchev–Trinajstić information content (AvgIpc) is 3.32. The third-order valence-electron chi connectivity index (χ3n) is 5.25. The Bertz CT molecular complexity index is 876. The molecule has 150 valence electrons. The van der Waals surface area contributed by atoms with Gasteiger partial charge in [-0.15, -0.1) is 0 Å². The second kappa shape index (κ2) is 7.11. The molecule has 7 nitrogen and oxygen atoms in total. The van der Waals surface area contributed by atoms with Gasteiger partial charge in [0.15, 0.2) is 0 Å². The van der Waals surface area contributed by atoms with Crippen LogP contribution in [0.5, 0.6) is 5.75 Å². The molecule has 4 rings (SSSR count). The molecular formula is C21H28N4O3. The van der Waals surface area contributed by atoms with Gasteiger partial charge in [0.1, 0.15) is 11.4 Å². The summed E-state index contributed by atoms with van der Waals surface area (Å²) in [6.07, 6.45) is 6.34. The molecule has 7 heteroatoms. The van der Waals surface area contributed by atoms with E-state index in [4.69, 9.17) is 4.74 Å². The third kappa shape index (κ3) is 4.29. The first-order chi connectivity index (χ1) is 13.3. The number of ether oxygens (including phenoxy) is 1. The van der Waals surface area contributed by atoms with Gasteiger partial charge in [0, 0.05) is 25.7 Å². The highest BCUT2D eigenvalue weighted by Gasteiger charge is 2.37. The molecule has 2 fully saturated rings. The summed E-state index contributed by atoms with van der Waals surface area (Å²) in [5.74, 6) is 0.725. The van der Waals surface area contributed by atoms with Gasteiger partial charge in [0.25, 0.3) is 0 Å². The van der Waals surface area contributed by atoms with Crippen LogP contribution in [0.3, 0.4) is 0 Å². The number of hydrogen-bond acceptors (Lipinski definition) is 6. The Morgan fingerprint density at radius 3 is 2.64 bits per heavy atom. The molecule has 0 spiro atoms. The van der Waals surface area contributed by atoms with Crippen molar-refractivity contribution in [2.45, 2.75) is 51.7 Å². The van der Waals surface area contributed by atoms with E-state index in [0.29, 0.717) is 11.4 Å². The molecule has 0 radical (unpaired) electrons. The predicted molar refractivity (Wildman–Crippen MR) is 107 cm³/mol. The SMILES string of the molecule is CC(C)(C)OC(=O)N(CC1CC1)C1CCN(c2cnc3cc(O)cnc3c2)C1. The van der Waals surface area contributed by atoms with Crippen molar-refractivity contribution in [3.05, 3.63) is 24.5 Å². The van der Waals surface area contributed by atoms with Crippen molar-refractivity contribution in [1.82, 2.24) is 14.9 Å². The third-order valence-corrected chi connectivity index (χ3v) is 5.25. The second-order valence-corrected chi connectivity index (χ2v) is 8.89. The largest absolute Gasteiger partial charge is 0.506 e. The Kier molecular flexibility index (Phi) is 4.77. The van der Waals surface area contributed by atoms with Gasteiger partial charge in [-0.05, 0) is 52.0 Å². The lowest BCUT2D eigenvalue weighted by Crippen LogP contribution is -2.45. The minimum absolute atomic E-state index is 0.113. The molecule has 0 aromatic carbocycles. The highest BCUT2D eigenvalue weighted by atomic mass is 16.6. The molecule has 2 aromatic heterocycles. The smallest absolute Gasteiger partial charge is 0.410 e. The first kappa shape index (κ1) is 18.8. The number of hydrogen-bond donors (Lipinski definition) is 1. The molecule has 1 unspecified atom stereocenters. The topological polar surface area (TPSA) is 78.8 Å². The molecule has 2 aromatic rings. The summed E-state index contributed by atoms with van der Waals surface area (Å²) < 4.78 is 5.67. The maximum absolute atomic E-state index is 12.8. The van der Waals surface area contributed by atoms with Gasteiger partial charge in [-0.3, -0.25) is 9.97 Å². The van der Waals surface area contributed by atoms with Crippen LogP contribution in [-0.2, 0) is 4.74 Å². The molecule has 1 saturated heterocycles. The van der Waals surface area contributed by atoms with Crippen molar-refractivity contribution in [3.8, 4) is 5.75 Å². The zero-order chi connectivity index (χ0) is 19.9. The van der Waals surface area contributed by atoms with Crippen LogP contribution < -0.4 is 4.90 Å². The number of carbonyl (C=O) groups is 1. The van der Waals surface area contributed by atoms with E-state index in [1.807, 2.05) is 37.9 Å². The number of amides is 1. The number of fused-ring (bicyclic) bond motifs is 1. The van der Waals surface area contributed by atoms with Crippen molar-refractivity contribution in [2.24, 2.45) is 5.92 Å². The summed E-state index contributed by atoms with van der Waals surface area (Å²) >= 11 is 0. The molecule has 1 saturated carbocycles. The van der Waals surface area contributed by atoms with Crippen molar-refractivity contribution >= 4 is 22.8 Å². The lowest BCUT2D eigenvalue weighted by molar-refractivity contribution is 0.0167. The summed E-state index contributed by atoms with van der Waals surface area (Å²) in [5, 5.41) is 9.55. The Balaban J connectivity index is 1.49. The minimum Gasteiger partial charge on any atom is -0.506 e. The first-order valence-electron chi connectivity index (χ1n) is 9.98. The zero-order valence-corrected chi connectivity index (χ0v) is 16.8. The fourth-order valence-electron chi connectivity index (χ4n) is 3.66. The molecule has 3 heterocycles. The first-order valence-corrected chi connectivity index (χ1v) is 9.98. The van der Waals surface area contributed by atoms with Crippen LogP contribution in [0.1, 0.15) is 40.0 Å². The standard InChI is InChI=1S/C21H28N4O3/c1-21(2,3)28-20(27)25(12-14-4-5-14)15-6-7-24(13-15)16-8-18-19(22-10-16)9-17(26)11-23-18/h8-11,14-15,26H,4-7,12-13H2,1-3H3. The van der Waals surface area contributed by atoms with Crippen molar-refractivity contribution in [1.29, 1.82) is 0 Å². The zero-order valence-electron chi connectivity index (χ0n) is 16.8. The summed E-state index contributed by atoms with van der Waals surface area (Å²) in [5.41, 5.74) is 1.92. The Morgan fingerprint density at radius 1 is 1.21 bits per heavy atom. The van der Waals surface area contributed by atoms with Gasteiger partial charge in [0.05, 0.1) is 35.2 Å². The van der Waals surface area contributed by atoms with Gasteiger partial charge in [0.2, 0.25) is 0 Å². The number of aromatic hydroxyl groups is 1. The van der Waals surface area contributed by atoms with Gasteiger partial charge in [-0.2, -0.15) is 0 Å². The summed E-state index contributed by atoms with van der Waals surface area (Å²) in [4.78, 5) is 25.7. The van der Waals surface area contributed by atoms with Gasteiger partial charge >= 0.3 is 6.09 Å². The second-order valence-electron chi connectivity index (χ2n) is 8.89. The van der Waals surface area contributed by atoms with Crippen molar-refractivity contribution in [2.75, 3.05) is 24.5 Å². The Morgan fingerprint density at radius 2 is 1.93 bits per heavy atom. The van der Waals surface area contributed by atoms with E-state index in [-0.39, 0.29) is 17.9 Å². The Hall–Kier alpha value is -2.57. The predicted octanol–water partition coefficient (Wildman–Crippen LogP) is 3.56. The van der Waals surface area contributed by atoms with Crippen LogP contribution in [0.25, 0.3) is 11.0 Å². The Labute approximate surface area is 165 Å². The number of aromatic nitrogens is 2. The van der Waals surface area contributed by atoms with E-state index in [1.54, 1.807) is 6.07 Å². The van der Waals surface area contributed by atoms with Crippen molar-refractivity contribution in [3.63, 3.8) is 0 Å². The number of carbonyl (C=O) groups excluding carboxylic acids is 1. The van der Waals surface area contributed by atoms with Crippen molar-refractivity contribution < 1.29 is 14.6 Å². The molecule has 0 bridgehead atoms. The quantitative estimate of drug-likeness (QED) is 0.868. The molecule has 2 aliphatic rings. The van der Waals surface area contributed by atoms with E-state index < -0.39 is 5.60 Å². The molecule has 1 aliphatic carbocycles. The summed E-state index contributed by atoms with van der Waals surface area (Å²) in [6.45, 7) is 8.13. The fraction of sp³-hybridized carbons (Fsp3) is 0.571. The van der Waals surface area contributed by atoms with Crippen LogP contribution in [0.4, 0.5) is 10.5 Å². The van der Waals surface area contributed by atoms with E-state index in [1.165, 1.54) is 19.0 Å². The van der Waals surface area contributed by atoms with Crippen LogP contribution in [0.15, 0.2) is 24.5 Å². The molecular weight excluding hydrogens is 356 g/mol. The summed E-state index contributed by atoms with van der Waals surface area (Å²) in [6, 6.07) is 3.74. The molecule has 1 amide bonds. The monoisotopic (exact) mass is 384 g/mol. The molecule has 28 heavy (non-hydrogen) atoms. The van der Waals surface area contributed by atoms with Gasteiger partial charge < -0.3 is 19.6 Å². The highest BCUT2D eigenvalue weighted by Crippen LogP contribution is 2.33. The maximum atomic E-state index is 12.8. The minimum atomic E-state index is -0.489. The van der Waals surface area contributed by atoms with Gasteiger partial charge in [-0.1, -0.05) is 0 Å². The fourth-order valence-corrected chi connectivity index (χ4v) is 3.66. The average molecular weight is 384 g/mol. The summed E-state index contributed by atoms with van der Waals surface area (Å²) in [7, 11) is 0. The lowest BCUT2D eigenvalue weighted by Gasteiger charge is -2.32. The normalized spacial score (nSPS) is 19.8. The number of rotatable bonds is 4. The number of nitrogens with zero attached hydrogens (tertiary/aromatic N) is 4. The van der Waals surface area contributed by atoms with E-state index in [0.717, 1.165) is 37.3 Å². The van der Waals surface area contributed by atoms with Gasteiger partial charge in [-0.25, -0.2) is 4.79 Å². The van der Waals surface area contributed by atoms with Crippen LogP contribution >= 0.6 is 0 Å². The maximum Gasteiger partial charge on any atom is 0.410 e. The van der Waals surface area contributed by atoms with E-state index >= 15 is 0 Å². The molecule has 1 aliphatic heterocycles. The van der Waals surface area contributed by atoms with Crippen LogP contribution in [-0.4, -0.2) is 57.3 Å². The van der Waals surface area contributed by atoms with E-state index in [9.17, 15) is 9.90 Å². The molecule has 1 atom stereocenters. The number of anilines is 1. The van der Waals surface area contributed by atoms with Crippen LogP contribution in [0, 0.1) is 5.92 Å². The van der Waals surface area contributed by atoms with E-state index in [2.05, 4.69) is 14.9 Å².